The summed E-state index contributed by atoms with van der Waals surface area (Å²) in [4.78, 5) is 1.25. The molecule has 0 unspecified atom stereocenters. The third kappa shape index (κ3) is 3.87. The van der Waals surface area contributed by atoms with Gasteiger partial charge in [-0.2, -0.15) is 0 Å². The predicted molar refractivity (Wildman–Crippen MR) is 75.5 cm³/mol. The smallest absolute Gasteiger partial charge is 0.0611 e. The molecule has 1 aliphatic rings. The summed E-state index contributed by atoms with van der Waals surface area (Å²) in [5.74, 6) is 0. The predicted octanol–water partition coefficient (Wildman–Crippen LogP) is 2.57. The molecular weight excluding hydrogens is 270 g/mol. The molecule has 0 atom stereocenters. The van der Waals surface area contributed by atoms with Crippen molar-refractivity contribution in [1.29, 1.82) is 0 Å². The first-order chi connectivity index (χ1) is 8.81. The van der Waals surface area contributed by atoms with E-state index in [2.05, 4.69) is 11.4 Å². The second-order valence-corrected chi connectivity index (χ2v) is 5.91. The zero-order valence-corrected chi connectivity index (χ0v) is 12.0. The Morgan fingerprint density at radius 2 is 2.33 bits per heavy atom. The molecule has 0 aromatic heterocycles. The van der Waals surface area contributed by atoms with Crippen molar-refractivity contribution in [2.45, 2.75) is 16.7 Å². The van der Waals surface area contributed by atoms with Gasteiger partial charge in [-0.1, -0.05) is 17.7 Å². The van der Waals surface area contributed by atoms with Crippen molar-refractivity contribution in [3.8, 4) is 0 Å². The lowest BCUT2D eigenvalue weighted by Crippen LogP contribution is -2.30. The molecule has 1 fully saturated rings. The summed E-state index contributed by atoms with van der Waals surface area (Å²) in [6, 6.07) is 6.07. The van der Waals surface area contributed by atoms with E-state index < -0.39 is 0 Å². The molecule has 1 N–H and O–H groups in total. The van der Waals surface area contributed by atoms with Gasteiger partial charge in [0.05, 0.1) is 25.1 Å². The molecule has 0 saturated carbocycles. The maximum atomic E-state index is 6.27. The van der Waals surface area contributed by atoms with Crippen LogP contribution >= 0.6 is 23.4 Å². The summed E-state index contributed by atoms with van der Waals surface area (Å²) in [6.07, 6.45) is 0. The number of nitrogens with one attached hydrogen (secondary N) is 1. The van der Waals surface area contributed by atoms with Gasteiger partial charge in [-0.05, 0) is 17.7 Å². The van der Waals surface area contributed by atoms with Gasteiger partial charge < -0.3 is 14.8 Å². The zero-order chi connectivity index (χ0) is 12.8. The fourth-order valence-electron chi connectivity index (χ4n) is 1.67. The number of methoxy groups -OCH3 is 1. The minimum atomic E-state index is 0.571. The van der Waals surface area contributed by atoms with E-state index in [1.165, 1.54) is 10.5 Å². The van der Waals surface area contributed by atoms with E-state index in [0.29, 0.717) is 11.9 Å². The highest BCUT2D eigenvalue weighted by Crippen LogP contribution is 2.33. The van der Waals surface area contributed by atoms with Gasteiger partial charge in [-0.15, -0.1) is 11.8 Å². The lowest BCUT2D eigenvalue weighted by atomic mass is 10.2. The highest BCUT2D eigenvalue weighted by Gasteiger charge is 2.21. The third-order valence-corrected chi connectivity index (χ3v) is 4.36. The lowest BCUT2D eigenvalue weighted by molar-refractivity contribution is 0.0455. The first-order valence-corrected chi connectivity index (χ1v) is 7.28. The van der Waals surface area contributed by atoms with Crippen LogP contribution in [0.2, 0.25) is 5.02 Å². The highest BCUT2D eigenvalue weighted by molar-refractivity contribution is 8.00. The number of rotatable bonds is 7. The first kappa shape index (κ1) is 14.2. The van der Waals surface area contributed by atoms with E-state index in [9.17, 15) is 0 Å². The minimum Gasteiger partial charge on any atom is -0.383 e. The van der Waals surface area contributed by atoms with E-state index in [0.717, 1.165) is 31.3 Å². The number of halogens is 1. The minimum absolute atomic E-state index is 0.571. The fraction of sp³-hybridized carbons (Fsp3) is 0.538. The highest BCUT2D eigenvalue weighted by atomic mass is 35.5. The second-order valence-electron chi connectivity index (χ2n) is 4.16. The van der Waals surface area contributed by atoms with Crippen molar-refractivity contribution >= 4 is 23.4 Å². The standard InChI is InChI=1S/C13H18ClNO2S/c1-16-6-5-15-7-11-12(14)3-2-4-13(11)18-10-8-17-9-10/h2-4,10,15H,5-9H2,1H3. The molecule has 1 aromatic carbocycles. The van der Waals surface area contributed by atoms with Crippen molar-refractivity contribution in [2.75, 3.05) is 33.5 Å². The summed E-state index contributed by atoms with van der Waals surface area (Å²) in [5.41, 5.74) is 1.17. The van der Waals surface area contributed by atoms with Crippen LogP contribution in [-0.4, -0.2) is 38.7 Å². The topological polar surface area (TPSA) is 30.5 Å². The Kier molecular flexibility index (Phi) is 5.79. The Labute approximate surface area is 117 Å². The van der Waals surface area contributed by atoms with E-state index >= 15 is 0 Å². The van der Waals surface area contributed by atoms with Crippen LogP contribution in [0.5, 0.6) is 0 Å². The van der Waals surface area contributed by atoms with Gasteiger partial charge in [-0.25, -0.2) is 0 Å². The monoisotopic (exact) mass is 287 g/mol. The van der Waals surface area contributed by atoms with Crippen LogP contribution in [0.3, 0.4) is 0 Å². The molecule has 2 rings (SSSR count). The van der Waals surface area contributed by atoms with Crippen LogP contribution in [-0.2, 0) is 16.0 Å². The summed E-state index contributed by atoms with van der Waals surface area (Å²) in [6.45, 7) is 4.00. The summed E-state index contributed by atoms with van der Waals surface area (Å²) in [5, 5.41) is 4.73. The quantitative estimate of drug-likeness (QED) is 0.781. The van der Waals surface area contributed by atoms with Crippen LogP contribution in [0.15, 0.2) is 23.1 Å². The van der Waals surface area contributed by atoms with E-state index in [1.54, 1.807) is 7.11 Å². The number of thioether (sulfide) groups is 1. The Morgan fingerprint density at radius 3 is 3.00 bits per heavy atom. The van der Waals surface area contributed by atoms with E-state index in [-0.39, 0.29) is 0 Å². The average molecular weight is 288 g/mol. The van der Waals surface area contributed by atoms with Gasteiger partial charge in [0.25, 0.3) is 0 Å². The number of hydrogen-bond acceptors (Lipinski definition) is 4. The molecule has 0 amide bonds. The molecule has 3 nitrogen and oxygen atoms in total. The molecule has 0 spiro atoms. The molecule has 1 heterocycles. The molecule has 5 heteroatoms. The van der Waals surface area contributed by atoms with Gasteiger partial charge in [-0.3, -0.25) is 0 Å². The number of ether oxygens (including phenoxy) is 2. The van der Waals surface area contributed by atoms with Gasteiger partial charge in [0.15, 0.2) is 0 Å². The molecule has 1 aromatic rings. The molecule has 1 saturated heterocycles. The van der Waals surface area contributed by atoms with Crippen LogP contribution in [0.4, 0.5) is 0 Å². The lowest BCUT2D eigenvalue weighted by Gasteiger charge is -2.26. The van der Waals surface area contributed by atoms with Gasteiger partial charge in [0.2, 0.25) is 0 Å². The maximum absolute atomic E-state index is 6.27. The molecule has 1 aliphatic heterocycles. The SMILES string of the molecule is COCCNCc1c(Cl)cccc1SC1COC1. The second kappa shape index (κ2) is 7.36. The third-order valence-electron chi connectivity index (χ3n) is 2.76. The Balaban J connectivity index is 1.96. The molecule has 0 radical (unpaired) electrons. The number of hydrogen-bond donors (Lipinski definition) is 1. The molecule has 0 bridgehead atoms. The van der Waals surface area contributed by atoms with E-state index in [4.69, 9.17) is 21.1 Å². The van der Waals surface area contributed by atoms with Crippen LogP contribution in [0.1, 0.15) is 5.56 Å². The summed E-state index contributed by atoms with van der Waals surface area (Å²) >= 11 is 8.13. The van der Waals surface area contributed by atoms with Crippen molar-refractivity contribution in [1.82, 2.24) is 5.32 Å². The first-order valence-electron chi connectivity index (χ1n) is 6.02. The Hall–Kier alpha value is -0.260. The molecule has 0 aliphatic carbocycles. The van der Waals surface area contributed by atoms with Crippen LogP contribution in [0, 0.1) is 0 Å². The molecule has 18 heavy (non-hydrogen) atoms. The Morgan fingerprint density at radius 1 is 1.50 bits per heavy atom. The van der Waals surface area contributed by atoms with Gasteiger partial charge in [0, 0.05) is 30.1 Å². The van der Waals surface area contributed by atoms with Crippen LogP contribution in [0.25, 0.3) is 0 Å². The van der Waals surface area contributed by atoms with Crippen molar-refractivity contribution in [3.63, 3.8) is 0 Å². The largest absolute Gasteiger partial charge is 0.383 e. The van der Waals surface area contributed by atoms with Gasteiger partial charge >= 0.3 is 0 Å². The Bertz CT molecular complexity index is 385. The fourth-order valence-corrected chi connectivity index (χ4v) is 3.14. The normalized spacial score (nSPS) is 15.7. The van der Waals surface area contributed by atoms with Crippen molar-refractivity contribution in [2.24, 2.45) is 0 Å². The van der Waals surface area contributed by atoms with Gasteiger partial charge in [0.1, 0.15) is 0 Å². The van der Waals surface area contributed by atoms with E-state index in [1.807, 2.05) is 23.9 Å². The molecule has 100 valence electrons. The van der Waals surface area contributed by atoms with Crippen LogP contribution < -0.4 is 5.32 Å². The number of benzene rings is 1. The summed E-state index contributed by atoms with van der Waals surface area (Å²) in [7, 11) is 1.70. The summed E-state index contributed by atoms with van der Waals surface area (Å²) < 4.78 is 10.2. The van der Waals surface area contributed by atoms with Crippen molar-refractivity contribution in [3.05, 3.63) is 28.8 Å². The maximum Gasteiger partial charge on any atom is 0.0611 e. The average Bonchev–Trinajstić information content (AvgIpc) is 2.32. The zero-order valence-electron chi connectivity index (χ0n) is 10.4. The molecular formula is C13H18ClNO2S. The van der Waals surface area contributed by atoms with Crippen molar-refractivity contribution < 1.29 is 9.47 Å².